The first kappa shape index (κ1) is 10.9. The van der Waals surface area contributed by atoms with E-state index in [1.165, 1.54) is 6.42 Å². The lowest BCUT2D eigenvalue weighted by molar-refractivity contribution is 0.129. The molecule has 0 saturated carbocycles. The van der Waals surface area contributed by atoms with Gasteiger partial charge in [0.15, 0.2) is 0 Å². The summed E-state index contributed by atoms with van der Waals surface area (Å²) in [4.78, 5) is 0. The molecule has 4 nitrogen and oxygen atoms in total. The van der Waals surface area contributed by atoms with Gasteiger partial charge >= 0.3 is 0 Å². The van der Waals surface area contributed by atoms with Crippen LogP contribution < -0.4 is 5.73 Å². The topological polar surface area (TPSA) is 61.0 Å². The van der Waals surface area contributed by atoms with Crippen LogP contribution in [0.25, 0.3) is 0 Å². The molecule has 1 aromatic rings. The van der Waals surface area contributed by atoms with Gasteiger partial charge in [-0.3, -0.25) is 0 Å². The molecule has 1 unspecified atom stereocenters. The summed E-state index contributed by atoms with van der Waals surface area (Å²) in [5.41, 5.74) is 6.68. The van der Waals surface area contributed by atoms with Gasteiger partial charge in [0.2, 0.25) is 0 Å². The van der Waals surface area contributed by atoms with Crippen molar-refractivity contribution >= 4 is 11.8 Å². The van der Waals surface area contributed by atoms with E-state index < -0.39 is 0 Å². The van der Waals surface area contributed by atoms with Crippen LogP contribution in [0.3, 0.4) is 0 Å². The number of rotatable bonds is 4. The monoisotopic (exact) mass is 225 g/mol. The van der Waals surface area contributed by atoms with Gasteiger partial charge in [-0.25, -0.2) is 0 Å². The summed E-state index contributed by atoms with van der Waals surface area (Å²) < 4.78 is 5.55. The number of hydrogen-bond acceptors (Lipinski definition) is 5. The van der Waals surface area contributed by atoms with E-state index in [4.69, 9.17) is 10.5 Å². The molecule has 82 valence electrons. The van der Waals surface area contributed by atoms with E-state index in [0.29, 0.717) is 12.6 Å². The number of nitrogens with zero attached hydrogens (tertiary/aromatic N) is 2. The normalized spacial score (nSPS) is 20.7. The Labute approximate surface area is 93.6 Å². The molecule has 0 amide bonds. The first-order chi connectivity index (χ1) is 7.40. The number of aromatic nitrogens is 2. The molecule has 1 aliphatic rings. The Kier molecular flexibility index (Phi) is 3.94. The van der Waals surface area contributed by atoms with Crippen LogP contribution in [-0.4, -0.2) is 28.7 Å². The van der Waals surface area contributed by atoms with Crippen LogP contribution in [-0.2, 0) is 11.3 Å². The third-order valence-corrected chi connectivity index (χ3v) is 3.57. The smallest absolute Gasteiger partial charge is 0.123 e. The molecule has 1 aliphatic heterocycles. The van der Waals surface area contributed by atoms with Crippen molar-refractivity contribution < 1.29 is 4.74 Å². The summed E-state index contributed by atoms with van der Waals surface area (Å²) in [5.74, 6) is 0.950. The molecular formula is C10H15N3OS. The van der Waals surface area contributed by atoms with Crippen molar-refractivity contribution in [2.24, 2.45) is 5.73 Å². The van der Waals surface area contributed by atoms with Crippen molar-refractivity contribution in [1.82, 2.24) is 10.2 Å². The molecule has 2 N–H and O–H groups in total. The molecule has 1 atom stereocenters. The molecule has 0 spiro atoms. The predicted molar refractivity (Wildman–Crippen MR) is 59.6 cm³/mol. The molecule has 0 aromatic carbocycles. The first-order valence-electron chi connectivity index (χ1n) is 5.15. The van der Waals surface area contributed by atoms with Gasteiger partial charge in [0, 0.05) is 30.7 Å². The Hall–Kier alpha value is -0.650. The van der Waals surface area contributed by atoms with Crippen LogP contribution in [0.15, 0.2) is 17.3 Å². The lowest BCUT2D eigenvalue weighted by atomic mass is 10.3. The van der Waals surface area contributed by atoms with Crippen LogP contribution >= 0.6 is 11.8 Å². The van der Waals surface area contributed by atoms with Gasteiger partial charge in [0.05, 0.1) is 6.10 Å². The van der Waals surface area contributed by atoms with Crippen LogP contribution in [0.4, 0.5) is 0 Å². The summed E-state index contributed by atoms with van der Waals surface area (Å²) >= 11 is 1.69. The van der Waals surface area contributed by atoms with E-state index in [9.17, 15) is 0 Å². The average molecular weight is 225 g/mol. The third-order valence-electron chi connectivity index (χ3n) is 2.42. The standard InChI is InChI=1S/C10H15N3OS/c11-6-8-3-4-12-13-10(8)15-7-9-2-1-5-14-9/h3-4,9H,1-2,5-7,11H2. The van der Waals surface area contributed by atoms with Gasteiger partial charge in [0.1, 0.15) is 5.03 Å². The quantitative estimate of drug-likeness (QED) is 0.780. The largest absolute Gasteiger partial charge is 0.377 e. The Bertz CT molecular complexity index is 315. The first-order valence-corrected chi connectivity index (χ1v) is 6.13. The number of nitrogens with two attached hydrogens (primary N) is 1. The molecule has 15 heavy (non-hydrogen) atoms. The van der Waals surface area contributed by atoms with Crippen LogP contribution in [0.2, 0.25) is 0 Å². The van der Waals surface area contributed by atoms with Crippen molar-refractivity contribution in [3.05, 3.63) is 17.8 Å². The lowest BCUT2D eigenvalue weighted by Crippen LogP contribution is -2.09. The van der Waals surface area contributed by atoms with Crippen molar-refractivity contribution in [2.45, 2.75) is 30.5 Å². The highest BCUT2D eigenvalue weighted by Crippen LogP contribution is 2.24. The number of ether oxygens (including phenoxy) is 1. The zero-order chi connectivity index (χ0) is 10.5. The van der Waals surface area contributed by atoms with Gasteiger partial charge in [-0.1, -0.05) is 0 Å². The molecule has 1 saturated heterocycles. The molecule has 2 heterocycles. The highest BCUT2D eigenvalue weighted by molar-refractivity contribution is 7.99. The van der Waals surface area contributed by atoms with Crippen LogP contribution in [0.5, 0.6) is 0 Å². The van der Waals surface area contributed by atoms with E-state index in [2.05, 4.69) is 10.2 Å². The van der Waals surface area contributed by atoms with Gasteiger partial charge in [-0.05, 0) is 18.9 Å². The SMILES string of the molecule is NCc1ccnnc1SCC1CCCO1. The second-order valence-corrected chi connectivity index (χ2v) is 4.52. The molecule has 1 aromatic heterocycles. The zero-order valence-electron chi connectivity index (χ0n) is 8.56. The summed E-state index contributed by atoms with van der Waals surface area (Å²) in [5, 5.41) is 8.90. The fourth-order valence-corrected chi connectivity index (χ4v) is 2.62. The highest BCUT2D eigenvalue weighted by atomic mass is 32.2. The van der Waals surface area contributed by atoms with E-state index in [1.54, 1.807) is 18.0 Å². The maximum atomic E-state index is 5.62. The van der Waals surface area contributed by atoms with E-state index >= 15 is 0 Å². The number of hydrogen-bond donors (Lipinski definition) is 1. The Morgan fingerprint density at radius 2 is 2.53 bits per heavy atom. The van der Waals surface area contributed by atoms with Gasteiger partial charge in [-0.15, -0.1) is 16.9 Å². The van der Waals surface area contributed by atoms with Crippen molar-refractivity contribution in [3.8, 4) is 0 Å². The number of thioether (sulfide) groups is 1. The molecule has 0 aliphatic carbocycles. The van der Waals surface area contributed by atoms with Crippen molar-refractivity contribution in [2.75, 3.05) is 12.4 Å². The van der Waals surface area contributed by atoms with Crippen LogP contribution in [0, 0.1) is 0 Å². The van der Waals surface area contributed by atoms with Gasteiger partial charge in [-0.2, -0.15) is 5.10 Å². The Balaban J connectivity index is 1.91. The summed E-state index contributed by atoms with van der Waals surface area (Å²) in [6.07, 6.45) is 4.39. The van der Waals surface area contributed by atoms with Gasteiger partial charge in [0.25, 0.3) is 0 Å². The van der Waals surface area contributed by atoms with Crippen molar-refractivity contribution in [1.29, 1.82) is 0 Å². The molecule has 1 fully saturated rings. The Morgan fingerprint density at radius 3 is 3.27 bits per heavy atom. The summed E-state index contributed by atoms with van der Waals surface area (Å²) in [6, 6.07) is 1.92. The van der Waals surface area contributed by atoms with E-state index in [-0.39, 0.29) is 0 Å². The fraction of sp³-hybridized carbons (Fsp3) is 0.600. The predicted octanol–water partition coefficient (Wildman–Crippen LogP) is 1.21. The summed E-state index contributed by atoms with van der Waals surface area (Å²) in [7, 11) is 0. The maximum Gasteiger partial charge on any atom is 0.123 e. The lowest BCUT2D eigenvalue weighted by Gasteiger charge is -2.09. The van der Waals surface area contributed by atoms with E-state index in [1.807, 2.05) is 6.07 Å². The van der Waals surface area contributed by atoms with E-state index in [0.717, 1.165) is 29.4 Å². The molecule has 2 rings (SSSR count). The second kappa shape index (κ2) is 5.44. The molecule has 0 bridgehead atoms. The fourth-order valence-electron chi connectivity index (χ4n) is 1.57. The van der Waals surface area contributed by atoms with Crippen molar-refractivity contribution in [3.63, 3.8) is 0 Å². The minimum absolute atomic E-state index is 0.377. The zero-order valence-corrected chi connectivity index (χ0v) is 9.37. The molecule has 0 radical (unpaired) electrons. The molecular weight excluding hydrogens is 210 g/mol. The Morgan fingerprint density at radius 1 is 1.60 bits per heavy atom. The maximum absolute atomic E-state index is 5.62. The average Bonchev–Trinajstić information content (AvgIpc) is 2.79. The highest BCUT2D eigenvalue weighted by Gasteiger charge is 2.16. The second-order valence-electron chi connectivity index (χ2n) is 3.51. The molecule has 5 heteroatoms. The minimum Gasteiger partial charge on any atom is -0.377 e. The minimum atomic E-state index is 0.377. The van der Waals surface area contributed by atoms with Gasteiger partial charge < -0.3 is 10.5 Å². The third kappa shape index (κ3) is 2.90. The summed E-state index contributed by atoms with van der Waals surface area (Å²) in [6.45, 7) is 1.42. The van der Waals surface area contributed by atoms with Crippen LogP contribution in [0.1, 0.15) is 18.4 Å².